The molecular formula is C12H15FN2O4. The molecule has 0 heterocycles. The lowest BCUT2D eigenvalue weighted by Crippen LogP contribution is -2.24. The third kappa shape index (κ3) is 5.71. The van der Waals surface area contributed by atoms with Gasteiger partial charge in [0.25, 0.3) is 5.69 Å². The number of nitrogens with zero attached hydrogens (tertiary/aromatic N) is 1. The molecule has 0 aliphatic carbocycles. The second-order valence-electron chi connectivity index (χ2n) is 3.49. The minimum absolute atomic E-state index is 0.104. The Labute approximate surface area is 109 Å². The Kier molecular flexibility index (Phi) is 7.67. The van der Waals surface area contributed by atoms with Crippen LogP contribution < -0.4 is 5.32 Å². The van der Waals surface area contributed by atoms with Crippen LogP contribution in [0.1, 0.15) is 18.9 Å². The first-order valence-electron chi connectivity index (χ1n) is 5.53. The number of amides is 1. The second-order valence-corrected chi connectivity index (χ2v) is 3.49. The number of hydrogen-bond donors (Lipinski definition) is 1. The first-order valence-corrected chi connectivity index (χ1v) is 5.53. The molecule has 1 aromatic carbocycles. The van der Waals surface area contributed by atoms with E-state index >= 15 is 0 Å². The van der Waals surface area contributed by atoms with Crippen molar-refractivity contribution >= 4 is 18.4 Å². The zero-order valence-corrected chi connectivity index (χ0v) is 10.5. The van der Waals surface area contributed by atoms with Crippen molar-refractivity contribution in [3.63, 3.8) is 0 Å². The number of carbonyl (C=O) groups is 2. The SMILES string of the molecule is C=O.CCC(=O)NCCc1ccc([N+](=O)[O-])cc1F. The molecule has 0 radical (unpaired) electrons. The molecule has 0 aromatic heterocycles. The van der Waals surface area contributed by atoms with Crippen molar-refractivity contribution < 1.29 is 18.9 Å². The van der Waals surface area contributed by atoms with Crippen LogP contribution in [0.5, 0.6) is 0 Å². The summed E-state index contributed by atoms with van der Waals surface area (Å²) in [4.78, 5) is 28.7. The molecule has 0 fully saturated rings. The van der Waals surface area contributed by atoms with Crippen molar-refractivity contribution in [3.8, 4) is 0 Å². The van der Waals surface area contributed by atoms with Crippen LogP contribution in [0.3, 0.4) is 0 Å². The van der Waals surface area contributed by atoms with Crippen molar-refractivity contribution in [1.82, 2.24) is 5.32 Å². The third-order valence-electron chi connectivity index (χ3n) is 2.29. The Balaban J connectivity index is 0.00000154. The summed E-state index contributed by atoms with van der Waals surface area (Å²) >= 11 is 0. The van der Waals surface area contributed by atoms with Crippen molar-refractivity contribution in [3.05, 3.63) is 39.7 Å². The van der Waals surface area contributed by atoms with Crippen LogP contribution >= 0.6 is 0 Å². The van der Waals surface area contributed by atoms with Gasteiger partial charge in [-0.25, -0.2) is 4.39 Å². The molecule has 7 heteroatoms. The van der Waals surface area contributed by atoms with Gasteiger partial charge in [-0.1, -0.05) is 6.92 Å². The summed E-state index contributed by atoms with van der Waals surface area (Å²) < 4.78 is 13.4. The number of hydrogen-bond acceptors (Lipinski definition) is 4. The van der Waals surface area contributed by atoms with Gasteiger partial charge in [0.15, 0.2) is 0 Å². The lowest BCUT2D eigenvalue weighted by Gasteiger charge is -2.04. The van der Waals surface area contributed by atoms with Crippen LogP contribution in [-0.2, 0) is 16.0 Å². The molecule has 1 amide bonds. The maximum Gasteiger partial charge on any atom is 0.272 e. The molecule has 0 bridgehead atoms. The molecule has 0 aliphatic heterocycles. The Morgan fingerprint density at radius 1 is 1.47 bits per heavy atom. The van der Waals surface area contributed by atoms with Gasteiger partial charge in [0, 0.05) is 19.0 Å². The number of nitro groups is 1. The highest BCUT2D eigenvalue weighted by Gasteiger charge is 2.10. The van der Waals surface area contributed by atoms with Gasteiger partial charge in [-0.2, -0.15) is 0 Å². The second kappa shape index (κ2) is 8.73. The van der Waals surface area contributed by atoms with Gasteiger partial charge in [-0.05, 0) is 18.1 Å². The number of nitro benzene ring substituents is 1. The molecule has 0 spiro atoms. The van der Waals surface area contributed by atoms with Gasteiger partial charge >= 0.3 is 0 Å². The van der Waals surface area contributed by atoms with E-state index in [2.05, 4.69) is 5.32 Å². The fourth-order valence-corrected chi connectivity index (χ4v) is 1.31. The standard InChI is InChI=1S/C11H13FN2O3.CH2O/c1-2-11(15)13-6-5-8-3-4-9(14(16)17)7-10(8)12;1-2/h3-4,7H,2,5-6H2,1H3,(H,13,15);1H2. The molecule has 0 saturated heterocycles. The summed E-state index contributed by atoms with van der Waals surface area (Å²) in [5.74, 6) is -0.725. The molecule has 1 aromatic rings. The Morgan fingerprint density at radius 2 is 2.11 bits per heavy atom. The van der Waals surface area contributed by atoms with Crippen LogP contribution in [0, 0.1) is 15.9 Å². The Hall–Kier alpha value is -2.31. The van der Waals surface area contributed by atoms with Crippen LogP contribution in [0.4, 0.5) is 10.1 Å². The fourth-order valence-electron chi connectivity index (χ4n) is 1.31. The maximum absolute atomic E-state index is 13.4. The predicted octanol–water partition coefficient (Wildman–Crippen LogP) is 1.62. The normalized spacial score (nSPS) is 9.16. The summed E-state index contributed by atoms with van der Waals surface area (Å²) in [6, 6.07) is 3.50. The van der Waals surface area contributed by atoms with Crippen molar-refractivity contribution in [2.45, 2.75) is 19.8 Å². The maximum atomic E-state index is 13.4. The minimum Gasteiger partial charge on any atom is -0.356 e. The van der Waals surface area contributed by atoms with E-state index in [-0.39, 0.29) is 11.6 Å². The van der Waals surface area contributed by atoms with Gasteiger partial charge in [0.1, 0.15) is 12.6 Å². The van der Waals surface area contributed by atoms with Crippen molar-refractivity contribution in [2.75, 3.05) is 6.54 Å². The molecule has 1 N–H and O–H groups in total. The van der Waals surface area contributed by atoms with E-state index in [9.17, 15) is 19.3 Å². The Morgan fingerprint density at radius 3 is 2.58 bits per heavy atom. The third-order valence-corrected chi connectivity index (χ3v) is 2.29. The van der Waals surface area contributed by atoms with E-state index in [0.29, 0.717) is 24.9 Å². The molecule has 0 aliphatic rings. The molecular weight excluding hydrogens is 255 g/mol. The van der Waals surface area contributed by atoms with Gasteiger partial charge in [0.05, 0.1) is 11.0 Å². The number of halogens is 1. The lowest BCUT2D eigenvalue weighted by atomic mass is 10.1. The average molecular weight is 270 g/mol. The van der Waals surface area contributed by atoms with Gasteiger partial charge in [-0.3, -0.25) is 14.9 Å². The van der Waals surface area contributed by atoms with Crippen molar-refractivity contribution in [1.29, 1.82) is 0 Å². The number of carbonyl (C=O) groups excluding carboxylic acids is 2. The quantitative estimate of drug-likeness (QED) is 0.650. The number of rotatable bonds is 5. The smallest absolute Gasteiger partial charge is 0.272 e. The topological polar surface area (TPSA) is 89.3 Å². The first kappa shape index (κ1) is 16.7. The predicted molar refractivity (Wildman–Crippen MR) is 67.2 cm³/mol. The van der Waals surface area contributed by atoms with E-state index in [1.54, 1.807) is 6.92 Å². The van der Waals surface area contributed by atoms with E-state index < -0.39 is 10.7 Å². The van der Waals surface area contributed by atoms with Crippen LogP contribution in [-0.4, -0.2) is 24.2 Å². The van der Waals surface area contributed by atoms with Crippen molar-refractivity contribution in [2.24, 2.45) is 0 Å². The van der Waals surface area contributed by atoms with E-state index in [1.165, 1.54) is 12.1 Å². The number of nitrogens with one attached hydrogen (secondary N) is 1. The number of benzene rings is 1. The zero-order valence-electron chi connectivity index (χ0n) is 10.5. The monoisotopic (exact) mass is 270 g/mol. The van der Waals surface area contributed by atoms with E-state index in [0.717, 1.165) is 6.07 Å². The minimum atomic E-state index is -0.647. The number of non-ortho nitro benzene ring substituents is 1. The molecule has 104 valence electrons. The first-order chi connectivity index (χ1) is 9.04. The molecule has 19 heavy (non-hydrogen) atoms. The molecule has 1 rings (SSSR count). The highest BCUT2D eigenvalue weighted by Crippen LogP contribution is 2.16. The van der Waals surface area contributed by atoms with E-state index in [1.807, 2.05) is 6.79 Å². The molecule has 6 nitrogen and oxygen atoms in total. The van der Waals surface area contributed by atoms with Crippen LogP contribution in [0.2, 0.25) is 0 Å². The molecule has 0 saturated carbocycles. The summed E-state index contributed by atoms with van der Waals surface area (Å²) in [5.41, 5.74) is 0.0795. The zero-order chi connectivity index (χ0) is 14.8. The largest absolute Gasteiger partial charge is 0.356 e. The molecule has 0 atom stereocenters. The van der Waals surface area contributed by atoms with E-state index in [4.69, 9.17) is 4.79 Å². The van der Waals surface area contributed by atoms with Gasteiger partial charge in [0.2, 0.25) is 5.91 Å². The lowest BCUT2D eigenvalue weighted by molar-refractivity contribution is -0.385. The van der Waals surface area contributed by atoms with Gasteiger partial charge in [-0.15, -0.1) is 0 Å². The molecule has 0 unspecified atom stereocenters. The average Bonchev–Trinajstić information content (AvgIpc) is 2.42. The van der Waals surface area contributed by atoms with Crippen LogP contribution in [0.15, 0.2) is 18.2 Å². The highest BCUT2D eigenvalue weighted by atomic mass is 19.1. The summed E-state index contributed by atoms with van der Waals surface area (Å²) in [5, 5.41) is 13.0. The Bertz CT molecular complexity index is 451. The summed E-state index contributed by atoms with van der Waals surface area (Å²) in [6.45, 7) is 4.04. The van der Waals surface area contributed by atoms with Crippen LogP contribution in [0.25, 0.3) is 0 Å². The highest BCUT2D eigenvalue weighted by molar-refractivity contribution is 5.75. The fraction of sp³-hybridized carbons (Fsp3) is 0.333. The summed E-state index contributed by atoms with van der Waals surface area (Å²) in [7, 11) is 0. The van der Waals surface area contributed by atoms with Gasteiger partial charge < -0.3 is 10.1 Å². The summed E-state index contributed by atoms with van der Waals surface area (Å²) in [6.07, 6.45) is 0.693.